The van der Waals surface area contributed by atoms with Gasteiger partial charge < -0.3 is 4.74 Å². The lowest BCUT2D eigenvalue weighted by Gasteiger charge is -2.06. The van der Waals surface area contributed by atoms with Gasteiger partial charge in [-0.1, -0.05) is 71.1 Å². The lowest BCUT2D eigenvalue weighted by atomic mass is 10.1. The van der Waals surface area contributed by atoms with Crippen molar-refractivity contribution in [2.45, 2.75) is 82.9 Å². The summed E-state index contributed by atoms with van der Waals surface area (Å²) in [5.74, 6) is -0.299. The van der Waals surface area contributed by atoms with Gasteiger partial charge in [-0.2, -0.15) is 0 Å². The number of hydrogen-bond acceptors (Lipinski definition) is 2. The van der Waals surface area contributed by atoms with Gasteiger partial charge in [0.25, 0.3) is 0 Å². The Morgan fingerprint density at radius 3 is 1.83 bits per heavy atom. The zero-order valence-corrected chi connectivity index (χ0v) is 12.8. The van der Waals surface area contributed by atoms with E-state index in [1.165, 1.54) is 64.9 Å². The predicted octanol–water partition coefficient (Wildman–Crippen LogP) is 5.08. The number of rotatable bonds is 12. The molecule has 0 amide bonds. The Kier molecular flexibility index (Phi) is 13.0. The molecule has 1 atom stereocenters. The Hall–Kier alpha value is -0.240. The molecule has 0 saturated heterocycles. The first-order valence-electron chi connectivity index (χ1n) is 7.44. The maximum Gasteiger partial charge on any atom is 0.323 e. The highest BCUT2D eigenvalue weighted by molar-refractivity contribution is 6.29. The largest absolute Gasteiger partial charge is 0.468 e. The van der Waals surface area contributed by atoms with Crippen LogP contribution < -0.4 is 0 Å². The topological polar surface area (TPSA) is 26.3 Å². The Bertz CT molecular complexity index is 195. The molecule has 0 aromatic heterocycles. The standard InChI is InChI=1S/C15H29ClO2/c1-3-4-5-6-7-8-9-10-11-12-13-14(16)15(17)18-2/h14H,3-13H2,1-2H3. The van der Waals surface area contributed by atoms with E-state index in [1.807, 2.05) is 0 Å². The molecule has 0 rings (SSSR count). The molecule has 0 aliphatic carbocycles. The first-order valence-corrected chi connectivity index (χ1v) is 7.88. The third-order valence-corrected chi connectivity index (χ3v) is 3.66. The van der Waals surface area contributed by atoms with E-state index in [4.69, 9.17) is 11.6 Å². The lowest BCUT2D eigenvalue weighted by Crippen LogP contribution is -2.15. The van der Waals surface area contributed by atoms with Crippen molar-refractivity contribution in [3.8, 4) is 0 Å². The smallest absolute Gasteiger partial charge is 0.323 e. The van der Waals surface area contributed by atoms with Gasteiger partial charge in [-0.3, -0.25) is 4.79 Å². The number of carbonyl (C=O) groups excluding carboxylic acids is 1. The van der Waals surface area contributed by atoms with Gasteiger partial charge in [-0.15, -0.1) is 11.6 Å². The van der Waals surface area contributed by atoms with Gasteiger partial charge >= 0.3 is 5.97 Å². The quantitative estimate of drug-likeness (QED) is 0.282. The van der Waals surface area contributed by atoms with Gasteiger partial charge in [0.2, 0.25) is 0 Å². The molecule has 2 nitrogen and oxygen atoms in total. The maximum atomic E-state index is 11.0. The molecule has 0 bridgehead atoms. The van der Waals surface area contributed by atoms with Crippen LogP contribution in [0.15, 0.2) is 0 Å². The van der Waals surface area contributed by atoms with E-state index in [0.29, 0.717) is 0 Å². The van der Waals surface area contributed by atoms with E-state index in [2.05, 4.69) is 11.7 Å². The maximum absolute atomic E-state index is 11.0. The summed E-state index contributed by atoms with van der Waals surface area (Å²) in [7, 11) is 1.39. The molecule has 0 saturated carbocycles. The first kappa shape index (κ1) is 17.8. The fourth-order valence-corrected chi connectivity index (χ4v) is 2.30. The van der Waals surface area contributed by atoms with Crippen LogP contribution in [0.2, 0.25) is 0 Å². The number of halogens is 1. The zero-order chi connectivity index (χ0) is 13.6. The van der Waals surface area contributed by atoms with Gasteiger partial charge in [0.05, 0.1) is 7.11 Å². The second-order valence-electron chi connectivity index (χ2n) is 4.96. The molecule has 0 aliphatic rings. The summed E-state index contributed by atoms with van der Waals surface area (Å²) < 4.78 is 4.58. The molecular weight excluding hydrogens is 248 g/mol. The fraction of sp³-hybridized carbons (Fsp3) is 0.933. The summed E-state index contributed by atoms with van der Waals surface area (Å²) in [4.78, 5) is 11.0. The molecule has 0 spiro atoms. The van der Waals surface area contributed by atoms with Crippen LogP contribution in [0.1, 0.15) is 77.6 Å². The number of carbonyl (C=O) groups is 1. The number of methoxy groups -OCH3 is 1. The van der Waals surface area contributed by atoms with Crippen molar-refractivity contribution in [3.05, 3.63) is 0 Å². The van der Waals surface area contributed by atoms with Crippen LogP contribution >= 0.6 is 11.6 Å². The van der Waals surface area contributed by atoms with Crippen molar-refractivity contribution in [2.24, 2.45) is 0 Å². The lowest BCUT2D eigenvalue weighted by molar-refractivity contribution is -0.140. The highest BCUT2D eigenvalue weighted by Crippen LogP contribution is 2.14. The Morgan fingerprint density at radius 2 is 1.39 bits per heavy atom. The van der Waals surface area contributed by atoms with E-state index in [0.717, 1.165) is 12.8 Å². The highest BCUT2D eigenvalue weighted by Gasteiger charge is 2.14. The molecule has 0 heterocycles. The van der Waals surface area contributed by atoms with Crippen molar-refractivity contribution < 1.29 is 9.53 Å². The summed E-state index contributed by atoms with van der Waals surface area (Å²) in [6, 6.07) is 0. The fourth-order valence-electron chi connectivity index (χ4n) is 2.06. The molecule has 0 aromatic carbocycles. The van der Waals surface area contributed by atoms with Crippen LogP contribution in [0, 0.1) is 0 Å². The van der Waals surface area contributed by atoms with Gasteiger partial charge in [0.15, 0.2) is 0 Å². The number of ether oxygens (including phenoxy) is 1. The number of alkyl halides is 1. The van der Waals surface area contributed by atoms with E-state index in [1.54, 1.807) is 0 Å². The van der Waals surface area contributed by atoms with Crippen molar-refractivity contribution in [1.82, 2.24) is 0 Å². The minimum absolute atomic E-state index is 0.299. The molecule has 108 valence electrons. The molecule has 1 unspecified atom stereocenters. The average Bonchev–Trinajstić information content (AvgIpc) is 2.39. The molecule has 0 aromatic rings. The van der Waals surface area contributed by atoms with Gasteiger partial charge in [0, 0.05) is 0 Å². The predicted molar refractivity (Wildman–Crippen MR) is 78.1 cm³/mol. The van der Waals surface area contributed by atoms with Crippen LogP contribution in [0.3, 0.4) is 0 Å². The first-order chi connectivity index (χ1) is 8.72. The van der Waals surface area contributed by atoms with E-state index in [-0.39, 0.29) is 5.97 Å². The summed E-state index contributed by atoms with van der Waals surface area (Å²) in [6.45, 7) is 2.25. The van der Waals surface area contributed by atoms with Gasteiger partial charge in [-0.05, 0) is 6.42 Å². The Morgan fingerprint density at radius 1 is 0.944 bits per heavy atom. The number of unbranched alkanes of at least 4 members (excludes halogenated alkanes) is 9. The van der Waals surface area contributed by atoms with Crippen molar-refractivity contribution in [2.75, 3.05) is 7.11 Å². The van der Waals surface area contributed by atoms with Gasteiger partial charge in [-0.25, -0.2) is 0 Å². The van der Waals surface area contributed by atoms with Crippen LogP contribution in [-0.4, -0.2) is 18.5 Å². The summed E-state index contributed by atoms with van der Waals surface area (Å²) in [5.41, 5.74) is 0. The molecule has 0 radical (unpaired) electrons. The van der Waals surface area contributed by atoms with E-state index in [9.17, 15) is 4.79 Å². The van der Waals surface area contributed by atoms with Crippen LogP contribution in [-0.2, 0) is 9.53 Å². The SMILES string of the molecule is CCCCCCCCCCCCC(Cl)C(=O)OC. The molecule has 0 aliphatic heterocycles. The van der Waals surface area contributed by atoms with Crippen LogP contribution in [0.4, 0.5) is 0 Å². The molecule has 0 N–H and O–H groups in total. The summed E-state index contributed by atoms with van der Waals surface area (Å²) in [6.07, 6.45) is 13.7. The zero-order valence-electron chi connectivity index (χ0n) is 12.0. The summed E-state index contributed by atoms with van der Waals surface area (Å²) in [5, 5.41) is -0.455. The monoisotopic (exact) mass is 276 g/mol. The second kappa shape index (κ2) is 13.2. The van der Waals surface area contributed by atoms with E-state index < -0.39 is 5.38 Å². The molecule has 18 heavy (non-hydrogen) atoms. The van der Waals surface area contributed by atoms with Gasteiger partial charge in [0.1, 0.15) is 5.38 Å². The minimum Gasteiger partial charge on any atom is -0.468 e. The Labute approximate surface area is 117 Å². The molecular formula is C15H29ClO2. The van der Waals surface area contributed by atoms with Crippen molar-refractivity contribution >= 4 is 17.6 Å². The third-order valence-electron chi connectivity index (χ3n) is 3.27. The number of hydrogen-bond donors (Lipinski definition) is 0. The normalized spacial score (nSPS) is 12.4. The molecule has 0 fully saturated rings. The average molecular weight is 277 g/mol. The third kappa shape index (κ3) is 10.9. The van der Waals surface area contributed by atoms with E-state index >= 15 is 0 Å². The minimum atomic E-state index is -0.455. The number of esters is 1. The Balaban J connectivity index is 3.14. The highest BCUT2D eigenvalue weighted by atomic mass is 35.5. The van der Waals surface area contributed by atoms with Crippen LogP contribution in [0.5, 0.6) is 0 Å². The second-order valence-corrected chi connectivity index (χ2v) is 5.49. The van der Waals surface area contributed by atoms with Crippen molar-refractivity contribution in [3.63, 3.8) is 0 Å². The summed E-state index contributed by atoms with van der Waals surface area (Å²) >= 11 is 5.87. The molecule has 3 heteroatoms. The van der Waals surface area contributed by atoms with Crippen molar-refractivity contribution in [1.29, 1.82) is 0 Å². The van der Waals surface area contributed by atoms with Crippen LogP contribution in [0.25, 0.3) is 0 Å².